The Morgan fingerprint density at radius 1 is 1.08 bits per heavy atom. The lowest BCUT2D eigenvalue weighted by atomic mass is 10.2. The molecule has 0 spiro atoms. The van der Waals surface area contributed by atoms with E-state index in [0.717, 1.165) is 13.1 Å². The Labute approximate surface area is 149 Å². The summed E-state index contributed by atoms with van der Waals surface area (Å²) in [6.45, 7) is 10.8. The van der Waals surface area contributed by atoms with Crippen molar-refractivity contribution in [2.45, 2.75) is 52.5 Å². The molecule has 0 saturated carbocycles. The number of rotatable bonds is 8. The standard InChI is InChI=1S/C20H29NO2S/c1-16-10-11-19(24-16)14-21(12-17-8-6-5-7-9-17)13-18(22)15-23-20(2,3)4/h5-11,18,22H,12-15H2,1-4H3. The third kappa shape index (κ3) is 7.14. The van der Waals surface area contributed by atoms with Crippen LogP contribution in [0.4, 0.5) is 0 Å². The fourth-order valence-corrected chi connectivity index (χ4v) is 3.45. The molecule has 2 aromatic rings. The van der Waals surface area contributed by atoms with Gasteiger partial charge in [-0.1, -0.05) is 30.3 Å². The monoisotopic (exact) mass is 347 g/mol. The molecule has 0 aliphatic heterocycles. The highest BCUT2D eigenvalue weighted by Crippen LogP contribution is 2.19. The molecule has 0 aliphatic carbocycles. The first-order valence-electron chi connectivity index (χ1n) is 8.45. The molecule has 0 aliphatic rings. The van der Waals surface area contributed by atoms with Gasteiger partial charge in [-0.3, -0.25) is 4.90 Å². The lowest BCUT2D eigenvalue weighted by Gasteiger charge is -2.27. The van der Waals surface area contributed by atoms with Crippen LogP contribution in [0.3, 0.4) is 0 Å². The van der Waals surface area contributed by atoms with Gasteiger partial charge in [0.15, 0.2) is 0 Å². The molecule has 0 fully saturated rings. The number of aliphatic hydroxyl groups excluding tert-OH is 1. The van der Waals surface area contributed by atoms with Crippen LogP contribution in [0.1, 0.15) is 36.1 Å². The van der Waals surface area contributed by atoms with E-state index in [1.807, 2.05) is 38.2 Å². The summed E-state index contributed by atoms with van der Waals surface area (Å²) in [7, 11) is 0. The lowest BCUT2D eigenvalue weighted by molar-refractivity contribution is -0.0572. The zero-order valence-electron chi connectivity index (χ0n) is 15.2. The molecule has 0 amide bonds. The summed E-state index contributed by atoms with van der Waals surface area (Å²) in [5.74, 6) is 0. The average molecular weight is 348 g/mol. The van der Waals surface area contributed by atoms with Crippen LogP contribution in [0, 0.1) is 6.92 Å². The molecule has 1 unspecified atom stereocenters. The predicted molar refractivity (Wildman–Crippen MR) is 101 cm³/mol. The van der Waals surface area contributed by atoms with Crippen LogP contribution < -0.4 is 0 Å². The normalized spacial score (nSPS) is 13.4. The van der Waals surface area contributed by atoms with Gasteiger partial charge in [-0.05, 0) is 45.4 Å². The molecule has 24 heavy (non-hydrogen) atoms. The highest BCUT2D eigenvalue weighted by Gasteiger charge is 2.17. The molecule has 132 valence electrons. The van der Waals surface area contributed by atoms with Gasteiger partial charge in [0, 0.05) is 29.4 Å². The number of nitrogens with zero attached hydrogens (tertiary/aromatic N) is 1. The summed E-state index contributed by atoms with van der Waals surface area (Å²) in [4.78, 5) is 4.94. The van der Waals surface area contributed by atoms with Crippen molar-refractivity contribution in [1.29, 1.82) is 0 Å². The van der Waals surface area contributed by atoms with E-state index in [1.165, 1.54) is 15.3 Å². The van der Waals surface area contributed by atoms with Gasteiger partial charge in [-0.15, -0.1) is 11.3 Å². The molecule has 0 bridgehead atoms. The largest absolute Gasteiger partial charge is 0.389 e. The van der Waals surface area contributed by atoms with E-state index in [-0.39, 0.29) is 5.60 Å². The minimum atomic E-state index is -0.492. The van der Waals surface area contributed by atoms with Crippen molar-refractivity contribution >= 4 is 11.3 Å². The Bertz CT molecular complexity index is 604. The maximum Gasteiger partial charge on any atom is 0.0900 e. The van der Waals surface area contributed by atoms with Crippen LogP contribution in [0.15, 0.2) is 42.5 Å². The van der Waals surface area contributed by atoms with E-state index in [1.54, 1.807) is 0 Å². The molecule has 1 atom stereocenters. The summed E-state index contributed by atoms with van der Waals surface area (Å²) >= 11 is 1.82. The van der Waals surface area contributed by atoms with Gasteiger partial charge in [0.05, 0.1) is 18.3 Å². The average Bonchev–Trinajstić information content (AvgIpc) is 2.90. The van der Waals surface area contributed by atoms with E-state index in [0.29, 0.717) is 13.2 Å². The van der Waals surface area contributed by atoms with E-state index in [4.69, 9.17) is 4.74 Å². The van der Waals surface area contributed by atoms with Gasteiger partial charge in [0.2, 0.25) is 0 Å². The van der Waals surface area contributed by atoms with Crippen LogP contribution in [-0.4, -0.2) is 34.9 Å². The summed E-state index contributed by atoms with van der Waals surface area (Å²) in [5, 5.41) is 10.4. The van der Waals surface area contributed by atoms with Crippen LogP contribution >= 0.6 is 11.3 Å². The Morgan fingerprint density at radius 2 is 1.79 bits per heavy atom. The Kier molecular flexibility index (Phi) is 6.99. The van der Waals surface area contributed by atoms with Crippen LogP contribution in [0.5, 0.6) is 0 Å². The first-order valence-corrected chi connectivity index (χ1v) is 9.27. The third-order valence-electron chi connectivity index (χ3n) is 3.60. The van der Waals surface area contributed by atoms with Gasteiger partial charge >= 0.3 is 0 Å². The molecule has 1 aromatic carbocycles. The Morgan fingerprint density at radius 3 is 2.38 bits per heavy atom. The van der Waals surface area contributed by atoms with Gasteiger partial charge in [-0.2, -0.15) is 0 Å². The van der Waals surface area contributed by atoms with Gasteiger partial charge in [0.1, 0.15) is 0 Å². The lowest BCUT2D eigenvalue weighted by Crippen LogP contribution is -2.36. The second-order valence-corrected chi connectivity index (χ2v) is 8.62. The second-order valence-electron chi connectivity index (χ2n) is 7.24. The van der Waals surface area contributed by atoms with E-state index >= 15 is 0 Å². The van der Waals surface area contributed by atoms with E-state index in [2.05, 4.69) is 48.2 Å². The number of aliphatic hydroxyl groups is 1. The fourth-order valence-electron chi connectivity index (χ4n) is 2.51. The number of hydrogen-bond acceptors (Lipinski definition) is 4. The van der Waals surface area contributed by atoms with Crippen molar-refractivity contribution in [3.05, 3.63) is 57.8 Å². The minimum absolute atomic E-state index is 0.226. The number of thiophene rings is 1. The molecule has 2 rings (SSSR count). The van der Waals surface area contributed by atoms with Crippen molar-refractivity contribution < 1.29 is 9.84 Å². The van der Waals surface area contributed by atoms with Gasteiger partial charge < -0.3 is 9.84 Å². The zero-order valence-corrected chi connectivity index (χ0v) is 16.0. The van der Waals surface area contributed by atoms with Crippen molar-refractivity contribution in [1.82, 2.24) is 4.90 Å². The molecular weight excluding hydrogens is 318 g/mol. The quantitative estimate of drug-likeness (QED) is 0.775. The second kappa shape index (κ2) is 8.77. The Hall–Kier alpha value is -1.20. The van der Waals surface area contributed by atoms with Crippen LogP contribution in [0.2, 0.25) is 0 Å². The van der Waals surface area contributed by atoms with E-state index in [9.17, 15) is 5.11 Å². The van der Waals surface area contributed by atoms with Crippen LogP contribution in [-0.2, 0) is 17.8 Å². The van der Waals surface area contributed by atoms with Gasteiger partial charge in [0.25, 0.3) is 0 Å². The summed E-state index contributed by atoms with van der Waals surface area (Å²) in [6.07, 6.45) is -0.492. The highest BCUT2D eigenvalue weighted by molar-refractivity contribution is 7.11. The maximum absolute atomic E-state index is 10.4. The van der Waals surface area contributed by atoms with Crippen molar-refractivity contribution in [2.75, 3.05) is 13.2 Å². The maximum atomic E-state index is 10.4. The Balaban J connectivity index is 1.98. The van der Waals surface area contributed by atoms with Crippen LogP contribution in [0.25, 0.3) is 0 Å². The molecule has 1 aromatic heterocycles. The number of hydrogen-bond donors (Lipinski definition) is 1. The SMILES string of the molecule is Cc1ccc(CN(Cc2ccccc2)CC(O)COC(C)(C)C)s1. The highest BCUT2D eigenvalue weighted by atomic mass is 32.1. The first kappa shape index (κ1) is 19.1. The minimum Gasteiger partial charge on any atom is -0.389 e. The first-order chi connectivity index (χ1) is 11.3. The van der Waals surface area contributed by atoms with Crippen molar-refractivity contribution in [3.63, 3.8) is 0 Å². The summed E-state index contributed by atoms with van der Waals surface area (Å²) in [6, 6.07) is 14.7. The fraction of sp³-hybridized carbons (Fsp3) is 0.500. The summed E-state index contributed by atoms with van der Waals surface area (Å²) in [5.41, 5.74) is 1.03. The topological polar surface area (TPSA) is 32.7 Å². The van der Waals surface area contributed by atoms with Gasteiger partial charge in [-0.25, -0.2) is 0 Å². The molecule has 1 heterocycles. The van der Waals surface area contributed by atoms with Crippen molar-refractivity contribution in [3.8, 4) is 0 Å². The molecule has 4 heteroatoms. The van der Waals surface area contributed by atoms with Crippen molar-refractivity contribution in [2.24, 2.45) is 0 Å². The summed E-state index contributed by atoms with van der Waals surface area (Å²) < 4.78 is 5.72. The molecule has 1 N–H and O–H groups in total. The van der Waals surface area contributed by atoms with E-state index < -0.39 is 6.10 Å². The third-order valence-corrected chi connectivity index (χ3v) is 4.59. The molecule has 0 radical (unpaired) electrons. The number of benzene rings is 1. The smallest absolute Gasteiger partial charge is 0.0900 e. The zero-order chi connectivity index (χ0) is 17.6. The molecule has 3 nitrogen and oxygen atoms in total. The molecular formula is C20H29NO2S. The molecule has 0 saturated heterocycles. The number of ether oxygens (including phenoxy) is 1. The number of aryl methyl sites for hydroxylation is 1. The predicted octanol–water partition coefficient (Wildman–Crippen LogP) is 4.23.